The molecule has 0 spiro atoms. The molecule has 1 aromatic heterocycles. The van der Waals surface area contributed by atoms with Crippen LogP contribution < -0.4 is 4.74 Å². The lowest BCUT2D eigenvalue weighted by Gasteiger charge is -2.11. The van der Waals surface area contributed by atoms with E-state index in [4.69, 9.17) is 4.74 Å². The summed E-state index contributed by atoms with van der Waals surface area (Å²) >= 11 is 1.36. The van der Waals surface area contributed by atoms with Crippen molar-refractivity contribution >= 4 is 63.9 Å². The van der Waals surface area contributed by atoms with E-state index >= 15 is 0 Å². The third-order valence-electron chi connectivity index (χ3n) is 5.26. The first-order valence-corrected chi connectivity index (χ1v) is 14.1. The van der Waals surface area contributed by atoms with E-state index in [1.165, 1.54) is 23.5 Å². The quantitative estimate of drug-likeness (QED) is 0.147. The molecule has 5 rings (SSSR count). The summed E-state index contributed by atoms with van der Waals surface area (Å²) in [7, 11) is -9.77. The smallest absolute Gasteiger partial charge is 0.296 e. The van der Waals surface area contributed by atoms with E-state index in [2.05, 4.69) is 15.2 Å². The summed E-state index contributed by atoms with van der Waals surface area (Å²) in [6.45, 7) is 0. The fraction of sp³-hybridized carbons (Fsp3) is 0. The van der Waals surface area contributed by atoms with Crippen LogP contribution in [0.25, 0.3) is 21.0 Å². The lowest BCUT2D eigenvalue weighted by atomic mass is 10.1. The Morgan fingerprint density at radius 3 is 2.21 bits per heavy atom. The van der Waals surface area contributed by atoms with Crippen molar-refractivity contribution in [1.29, 1.82) is 0 Å². The van der Waals surface area contributed by atoms with Gasteiger partial charge in [-0.15, -0.1) is 5.11 Å². The van der Waals surface area contributed by atoms with Gasteiger partial charge in [-0.3, -0.25) is 9.11 Å². The van der Waals surface area contributed by atoms with Crippen LogP contribution in [0.1, 0.15) is 0 Å². The minimum Gasteiger partial charge on any atom is -0.507 e. The molecule has 194 valence electrons. The molecule has 0 unspecified atom stereocenters. The summed E-state index contributed by atoms with van der Waals surface area (Å²) < 4.78 is 72.6. The van der Waals surface area contributed by atoms with Crippen molar-refractivity contribution in [1.82, 2.24) is 4.98 Å². The lowest BCUT2D eigenvalue weighted by molar-refractivity contribution is 0.457. The highest BCUT2D eigenvalue weighted by Crippen LogP contribution is 2.45. The second-order valence-electron chi connectivity index (χ2n) is 7.81. The van der Waals surface area contributed by atoms with Gasteiger partial charge in [0.15, 0.2) is 5.75 Å². The van der Waals surface area contributed by atoms with Crippen molar-refractivity contribution in [3.8, 4) is 22.4 Å². The molecule has 1 heterocycles. The summed E-state index contributed by atoms with van der Waals surface area (Å²) in [4.78, 5) is 2.71. The Labute approximate surface area is 218 Å². The third kappa shape index (κ3) is 5.00. The molecular formula is C23H15N3O9S3. The highest BCUT2D eigenvalue weighted by molar-refractivity contribution is 7.86. The first-order valence-electron chi connectivity index (χ1n) is 10.4. The molecule has 0 aliphatic rings. The number of rotatable bonds is 6. The second kappa shape index (κ2) is 9.30. The monoisotopic (exact) mass is 573 g/mol. The maximum atomic E-state index is 12.0. The summed E-state index contributed by atoms with van der Waals surface area (Å²) in [5, 5.41) is 28.3. The topological polar surface area (TPSA) is 196 Å². The van der Waals surface area contributed by atoms with Crippen LogP contribution in [-0.2, 0) is 20.2 Å². The van der Waals surface area contributed by atoms with Gasteiger partial charge in [-0.2, -0.15) is 21.9 Å². The molecular weight excluding hydrogens is 558 g/mol. The van der Waals surface area contributed by atoms with E-state index < -0.39 is 47.2 Å². The molecule has 15 heteroatoms. The lowest BCUT2D eigenvalue weighted by Crippen LogP contribution is -2.01. The molecule has 0 fully saturated rings. The van der Waals surface area contributed by atoms with Crippen LogP contribution >= 0.6 is 11.3 Å². The van der Waals surface area contributed by atoms with Crippen LogP contribution in [0.4, 0.5) is 11.4 Å². The fourth-order valence-electron chi connectivity index (χ4n) is 3.56. The number of para-hydroxylation sites is 1. The summed E-state index contributed by atoms with van der Waals surface area (Å²) in [5.74, 6) is -1.24. The Morgan fingerprint density at radius 2 is 1.55 bits per heavy atom. The Hall–Kier alpha value is -4.15. The van der Waals surface area contributed by atoms with Crippen molar-refractivity contribution in [2.45, 2.75) is 9.79 Å². The number of aromatic nitrogens is 1. The zero-order valence-corrected chi connectivity index (χ0v) is 21.2. The van der Waals surface area contributed by atoms with Crippen molar-refractivity contribution < 1.29 is 40.9 Å². The minimum absolute atomic E-state index is 0.216. The predicted molar refractivity (Wildman–Crippen MR) is 137 cm³/mol. The van der Waals surface area contributed by atoms with Gasteiger partial charge in [-0.05, 0) is 53.9 Å². The molecule has 0 aliphatic carbocycles. The first-order chi connectivity index (χ1) is 17.9. The summed E-state index contributed by atoms with van der Waals surface area (Å²) in [5.41, 5.74) is 0.307. The van der Waals surface area contributed by atoms with Crippen LogP contribution in [0.3, 0.4) is 0 Å². The summed E-state index contributed by atoms with van der Waals surface area (Å²) in [6.07, 6.45) is 0. The van der Waals surface area contributed by atoms with E-state index in [1.807, 2.05) is 24.3 Å². The van der Waals surface area contributed by atoms with Gasteiger partial charge in [0.25, 0.3) is 25.4 Å². The molecule has 0 saturated carbocycles. The van der Waals surface area contributed by atoms with E-state index in [1.54, 1.807) is 12.1 Å². The minimum atomic E-state index is -5.00. The third-order valence-corrected chi connectivity index (χ3v) is 7.87. The average Bonchev–Trinajstić information content (AvgIpc) is 3.25. The van der Waals surface area contributed by atoms with Gasteiger partial charge in [0.05, 0.1) is 26.2 Å². The maximum Gasteiger partial charge on any atom is 0.296 e. The molecule has 0 amide bonds. The standard InChI is InChI=1S/C23H15N3O9S3/c27-17-11-15(37(29,30)31)9-12-10-19(38(32,33)34)21(22(28)20(12)17)26-25-13-5-7-14(8-6-13)35-23-24-16-3-1-2-4-18(16)36-23/h1-11,27-28H,(H,29,30,31)(H,32,33,34). The number of azo groups is 1. The normalized spacial score (nSPS) is 12.5. The van der Waals surface area contributed by atoms with Crippen LogP contribution in [-0.4, -0.2) is 41.1 Å². The summed E-state index contributed by atoms with van der Waals surface area (Å²) in [6, 6.07) is 15.9. The second-order valence-corrected chi connectivity index (χ2v) is 11.6. The molecule has 0 atom stereocenters. The van der Waals surface area contributed by atoms with Crippen molar-refractivity contribution in [3.05, 3.63) is 66.7 Å². The Morgan fingerprint density at radius 1 is 0.842 bits per heavy atom. The van der Waals surface area contributed by atoms with Gasteiger partial charge in [-0.1, -0.05) is 23.5 Å². The van der Waals surface area contributed by atoms with Crippen molar-refractivity contribution in [2.24, 2.45) is 10.2 Å². The maximum absolute atomic E-state index is 12.0. The molecule has 12 nitrogen and oxygen atoms in total. The zero-order chi connectivity index (χ0) is 27.2. The Balaban J connectivity index is 1.50. The average molecular weight is 574 g/mol. The Bertz CT molecular complexity index is 1940. The zero-order valence-electron chi connectivity index (χ0n) is 18.7. The van der Waals surface area contributed by atoms with E-state index in [0.717, 1.165) is 22.3 Å². The van der Waals surface area contributed by atoms with Crippen LogP contribution in [0.5, 0.6) is 22.4 Å². The highest BCUT2D eigenvalue weighted by Gasteiger charge is 2.25. The van der Waals surface area contributed by atoms with Crippen LogP contribution in [0.15, 0.2) is 86.7 Å². The number of hydrogen-bond acceptors (Lipinski definition) is 11. The van der Waals surface area contributed by atoms with Crippen molar-refractivity contribution in [3.63, 3.8) is 0 Å². The first kappa shape index (κ1) is 25.5. The fourth-order valence-corrected chi connectivity index (χ4v) is 5.59. The van der Waals surface area contributed by atoms with Gasteiger partial charge in [0.1, 0.15) is 22.1 Å². The van der Waals surface area contributed by atoms with Gasteiger partial charge in [0, 0.05) is 6.07 Å². The van der Waals surface area contributed by atoms with Crippen LogP contribution in [0.2, 0.25) is 0 Å². The Kier molecular flexibility index (Phi) is 6.24. The molecule has 0 saturated heterocycles. The number of phenolic OH excluding ortho intramolecular Hbond substituents is 2. The number of benzene rings is 4. The van der Waals surface area contributed by atoms with E-state index in [9.17, 15) is 36.2 Å². The number of thiazole rings is 1. The molecule has 4 N–H and O–H groups in total. The molecule has 0 radical (unpaired) electrons. The van der Waals surface area contributed by atoms with Gasteiger partial charge in [0.2, 0.25) is 0 Å². The largest absolute Gasteiger partial charge is 0.507 e. The number of ether oxygens (including phenoxy) is 1. The predicted octanol–water partition coefficient (Wildman–Crippen LogP) is 5.56. The molecule has 0 aliphatic heterocycles. The number of aromatic hydroxyl groups is 2. The highest BCUT2D eigenvalue weighted by atomic mass is 32.2. The molecule has 0 bridgehead atoms. The number of phenols is 2. The number of fused-ring (bicyclic) bond motifs is 2. The number of hydrogen-bond donors (Lipinski definition) is 4. The molecule has 38 heavy (non-hydrogen) atoms. The van der Waals surface area contributed by atoms with E-state index in [-0.39, 0.29) is 16.5 Å². The van der Waals surface area contributed by atoms with Gasteiger partial charge < -0.3 is 14.9 Å². The molecule has 5 aromatic rings. The van der Waals surface area contributed by atoms with Crippen LogP contribution in [0, 0.1) is 0 Å². The van der Waals surface area contributed by atoms with Gasteiger partial charge in [-0.25, -0.2) is 4.98 Å². The number of nitrogens with zero attached hydrogens (tertiary/aromatic N) is 3. The van der Waals surface area contributed by atoms with E-state index in [0.29, 0.717) is 17.0 Å². The molecule has 4 aromatic carbocycles. The van der Waals surface area contributed by atoms with Gasteiger partial charge >= 0.3 is 0 Å². The van der Waals surface area contributed by atoms with Crippen molar-refractivity contribution in [2.75, 3.05) is 0 Å². The SMILES string of the molecule is O=S(=O)(O)c1cc(O)c2c(O)c(N=Nc3ccc(Oc4nc5ccccc5s4)cc3)c(S(=O)(=O)O)cc2c1.